The highest BCUT2D eigenvalue weighted by molar-refractivity contribution is 5.68. The van der Waals surface area contributed by atoms with E-state index in [1.54, 1.807) is 6.07 Å². The zero-order valence-corrected chi connectivity index (χ0v) is 10.1. The molecule has 3 nitrogen and oxygen atoms in total. The Balaban J connectivity index is 1.93. The molecule has 0 spiro atoms. The lowest BCUT2D eigenvalue weighted by molar-refractivity contribution is 0.430. The number of nitrogens with zero attached hydrogens (tertiary/aromatic N) is 2. The minimum absolute atomic E-state index is 0.294. The van der Waals surface area contributed by atoms with Crippen molar-refractivity contribution in [3.8, 4) is 28.5 Å². The van der Waals surface area contributed by atoms with Crippen molar-refractivity contribution in [2.75, 3.05) is 0 Å². The summed E-state index contributed by atoms with van der Waals surface area (Å²) in [4.78, 5) is 0. The van der Waals surface area contributed by atoms with Crippen LogP contribution in [0.15, 0.2) is 65.2 Å². The molecule has 0 amide bonds. The van der Waals surface area contributed by atoms with E-state index in [2.05, 4.69) is 17.3 Å². The van der Waals surface area contributed by atoms with Gasteiger partial charge in [0.25, 0.3) is 0 Å². The van der Waals surface area contributed by atoms with Crippen molar-refractivity contribution in [2.24, 2.45) is 0 Å². The van der Waals surface area contributed by atoms with E-state index >= 15 is 0 Å². The van der Waals surface area contributed by atoms with Crippen LogP contribution < -0.4 is 0 Å². The SMILES string of the molecule is N#Cc1cc(-c2ccc(-c3ccccc3)cc2)on1. The van der Waals surface area contributed by atoms with Gasteiger partial charge in [0.05, 0.1) is 0 Å². The van der Waals surface area contributed by atoms with Crippen LogP contribution in [0.4, 0.5) is 0 Å². The van der Waals surface area contributed by atoms with Crippen LogP contribution in [0.3, 0.4) is 0 Å². The minimum Gasteiger partial charge on any atom is -0.355 e. The van der Waals surface area contributed by atoms with Gasteiger partial charge < -0.3 is 4.52 Å². The Bertz CT molecular complexity index is 721. The van der Waals surface area contributed by atoms with E-state index in [0.29, 0.717) is 11.5 Å². The second kappa shape index (κ2) is 4.79. The van der Waals surface area contributed by atoms with E-state index in [1.807, 2.05) is 48.5 Å². The number of aromatic nitrogens is 1. The first-order chi connectivity index (χ1) is 9.36. The largest absolute Gasteiger partial charge is 0.355 e. The van der Waals surface area contributed by atoms with Crippen molar-refractivity contribution >= 4 is 0 Å². The molecule has 0 aliphatic carbocycles. The van der Waals surface area contributed by atoms with Gasteiger partial charge in [0.1, 0.15) is 6.07 Å². The van der Waals surface area contributed by atoms with E-state index in [9.17, 15) is 0 Å². The second-order valence-electron chi connectivity index (χ2n) is 4.13. The van der Waals surface area contributed by atoms with Gasteiger partial charge in [0.15, 0.2) is 11.5 Å². The fraction of sp³-hybridized carbons (Fsp3) is 0. The molecule has 0 unspecified atom stereocenters. The van der Waals surface area contributed by atoms with Gasteiger partial charge in [0, 0.05) is 11.6 Å². The molecule has 90 valence electrons. The molecule has 3 heteroatoms. The first-order valence-corrected chi connectivity index (χ1v) is 5.89. The molecule has 1 heterocycles. The standard InChI is InChI=1S/C16H10N2O/c17-11-15-10-16(19-18-15)14-8-6-13(7-9-14)12-4-2-1-3-5-12/h1-10H. The summed E-state index contributed by atoms with van der Waals surface area (Å²) in [7, 11) is 0. The monoisotopic (exact) mass is 246 g/mol. The lowest BCUT2D eigenvalue weighted by Crippen LogP contribution is -1.78. The highest BCUT2D eigenvalue weighted by atomic mass is 16.5. The Morgan fingerprint density at radius 2 is 1.47 bits per heavy atom. The highest BCUT2D eigenvalue weighted by Gasteiger charge is 2.06. The van der Waals surface area contributed by atoms with Crippen molar-refractivity contribution in [3.63, 3.8) is 0 Å². The molecular weight excluding hydrogens is 236 g/mol. The first kappa shape index (κ1) is 11.2. The molecule has 1 aromatic heterocycles. The summed E-state index contributed by atoms with van der Waals surface area (Å²) in [6.07, 6.45) is 0. The molecule has 0 aliphatic heterocycles. The molecule has 0 radical (unpaired) electrons. The van der Waals surface area contributed by atoms with E-state index in [0.717, 1.165) is 11.1 Å². The molecule has 0 fully saturated rings. The Hall–Kier alpha value is -2.86. The fourth-order valence-electron chi connectivity index (χ4n) is 1.92. The van der Waals surface area contributed by atoms with Crippen LogP contribution in [-0.2, 0) is 0 Å². The van der Waals surface area contributed by atoms with Crippen molar-refractivity contribution in [1.29, 1.82) is 5.26 Å². The van der Waals surface area contributed by atoms with Gasteiger partial charge in [-0.3, -0.25) is 0 Å². The van der Waals surface area contributed by atoms with Crippen LogP contribution in [0.25, 0.3) is 22.5 Å². The third kappa shape index (κ3) is 2.24. The van der Waals surface area contributed by atoms with Crippen LogP contribution in [0.2, 0.25) is 0 Å². The van der Waals surface area contributed by atoms with Gasteiger partial charge >= 0.3 is 0 Å². The second-order valence-corrected chi connectivity index (χ2v) is 4.13. The molecule has 0 saturated carbocycles. The molecule has 0 N–H and O–H groups in total. The number of nitriles is 1. The molecule has 0 atom stereocenters. The Morgan fingerprint density at radius 3 is 2.11 bits per heavy atom. The lowest BCUT2D eigenvalue weighted by Gasteiger charge is -2.02. The Labute approximate surface area is 110 Å². The molecule has 0 aliphatic rings. The fourth-order valence-corrected chi connectivity index (χ4v) is 1.92. The van der Waals surface area contributed by atoms with Gasteiger partial charge in [-0.25, -0.2) is 0 Å². The summed E-state index contributed by atoms with van der Waals surface area (Å²) in [6.45, 7) is 0. The predicted molar refractivity (Wildman–Crippen MR) is 72.1 cm³/mol. The van der Waals surface area contributed by atoms with E-state index < -0.39 is 0 Å². The summed E-state index contributed by atoms with van der Waals surface area (Å²) < 4.78 is 5.11. The zero-order valence-electron chi connectivity index (χ0n) is 10.1. The molecule has 0 bridgehead atoms. The van der Waals surface area contributed by atoms with Crippen LogP contribution in [0, 0.1) is 11.3 Å². The number of benzene rings is 2. The zero-order chi connectivity index (χ0) is 13.1. The number of rotatable bonds is 2. The topological polar surface area (TPSA) is 49.8 Å². The maximum atomic E-state index is 8.72. The average Bonchev–Trinajstić information content (AvgIpc) is 2.97. The van der Waals surface area contributed by atoms with Gasteiger partial charge in [-0.2, -0.15) is 5.26 Å². The Morgan fingerprint density at radius 1 is 0.842 bits per heavy atom. The minimum atomic E-state index is 0.294. The number of hydrogen-bond donors (Lipinski definition) is 0. The predicted octanol–water partition coefficient (Wildman–Crippen LogP) is 3.88. The normalized spacial score (nSPS) is 10.1. The molecule has 0 saturated heterocycles. The van der Waals surface area contributed by atoms with Gasteiger partial charge in [-0.05, 0) is 11.1 Å². The highest BCUT2D eigenvalue weighted by Crippen LogP contribution is 2.25. The molecule has 2 aromatic carbocycles. The summed E-state index contributed by atoms with van der Waals surface area (Å²) >= 11 is 0. The summed E-state index contributed by atoms with van der Waals surface area (Å²) in [5.74, 6) is 0.608. The van der Waals surface area contributed by atoms with Gasteiger partial charge in [0.2, 0.25) is 0 Å². The van der Waals surface area contributed by atoms with E-state index in [-0.39, 0.29) is 0 Å². The van der Waals surface area contributed by atoms with Gasteiger partial charge in [-0.1, -0.05) is 59.8 Å². The van der Waals surface area contributed by atoms with Gasteiger partial charge in [-0.15, -0.1) is 0 Å². The van der Waals surface area contributed by atoms with Crippen LogP contribution in [0.1, 0.15) is 5.69 Å². The van der Waals surface area contributed by atoms with E-state index in [4.69, 9.17) is 9.78 Å². The van der Waals surface area contributed by atoms with Crippen molar-refractivity contribution in [2.45, 2.75) is 0 Å². The van der Waals surface area contributed by atoms with Crippen molar-refractivity contribution in [3.05, 3.63) is 66.4 Å². The smallest absolute Gasteiger partial charge is 0.184 e. The quantitative estimate of drug-likeness (QED) is 0.689. The summed E-state index contributed by atoms with van der Waals surface area (Å²) in [6, 6.07) is 21.7. The Kier molecular flexibility index (Phi) is 2.83. The maximum Gasteiger partial charge on any atom is 0.184 e. The molecular formula is C16H10N2O. The molecule has 3 aromatic rings. The first-order valence-electron chi connectivity index (χ1n) is 5.89. The van der Waals surface area contributed by atoms with Crippen LogP contribution in [0.5, 0.6) is 0 Å². The molecule has 19 heavy (non-hydrogen) atoms. The van der Waals surface area contributed by atoms with Crippen molar-refractivity contribution in [1.82, 2.24) is 5.16 Å². The lowest BCUT2D eigenvalue weighted by atomic mass is 10.0. The maximum absolute atomic E-state index is 8.72. The number of hydrogen-bond acceptors (Lipinski definition) is 3. The summed E-state index contributed by atoms with van der Waals surface area (Å²) in [5, 5.41) is 12.4. The molecule has 3 rings (SSSR count). The van der Waals surface area contributed by atoms with E-state index in [1.165, 1.54) is 5.56 Å². The van der Waals surface area contributed by atoms with Crippen LogP contribution >= 0.6 is 0 Å². The third-order valence-electron chi connectivity index (χ3n) is 2.90. The van der Waals surface area contributed by atoms with Crippen molar-refractivity contribution < 1.29 is 4.52 Å². The summed E-state index contributed by atoms with van der Waals surface area (Å²) in [5.41, 5.74) is 3.52. The van der Waals surface area contributed by atoms with Crippen LogP contribution in [-0.4, -0.2) is 5.16 Å². The average molecular weight is 246 g/mol. The third-order valence-corrected chi connectivity index (χ3v) is 2.90.